The number of nitrogens with zero attached hydrogens (tertiary/aromatic N) is 1. The van der Waals surface area contributed by atoms with Crippen molar-refractivity contribution in [2.75, 3.05) is 20.3 Å². The van der Waals surface area contributed by atoms with E-state index in [9.17, 15) is 14.5 Å². The average Bonchev–Trinajstić information content (AvgIpc) is 2.68. The van der Waals surface area contributed by atoms with Gasteiger partial charge in [-0.3, -0.25) is 9.36 Å². The molecule has 6 nitrogen and oxygen atoms in total. The van der Waals surface area contributed by atoms with E-state index in [2.05, 4.69) is 0 Å². The van der Waals surface area contributed by atoms with Crippen LogP contribution in [0.1, 0.15) is 26.7 Å². The first-order chi connectivity index (χ1) is 10.9. The SMILES string of the molecule is COc1ccc(P2(=O)OCCCC(C(C)C)N2CC(=O)O)cc1. The molecule has 2 unspecified atom stereocenters. The number of hydrogen-bond acceptors (Lipinski definition) is 4. The third-order valence-electron chi connectivity index (χ3n) is 4.10. The van der Waals surface area contributed by atoms with Gasteiger partial charge in [-0.25, -0.2) is 4.67 Å². The van der Waals surface area contributed by atoms with Crippen LogP contribution in [0.2, 0.25) is 0 Å². The Labute approximate surface area is 136 Å². The zero-order chi connectivity index (χ0) is 17.0. The molecule has 0 spiro atoms. The Morgan fingerprint density at radius 1 is 1.43 bits per heavy atom. The summed E-state index contributed by atoms with van der Waals surface area (Å²) >= 11 is 0. The summed E-state index contributed by atoms with van der Waals surface area (Å²) in [5.74, 6) is -0.169. The van der Waals surface area contributed by atoms with Crippen LogP contribution in [-0.4, -0.2) is 42.0 Å². The molecule has 1 heterocycles. The van der Waals surface area contributed by atoms with Crippen molar-refractivity contribution >= 4 is 18.8 Å². The molecular formula is C16H24NO5P. The van der Waals surface area contributed by atoms with Crippen LogP contribution in [0, 0.1) is 5.92 Å². The molecule has 0 amide bonds. The predicted octanol–water partition coefficient (Wildman–Crippen LogP) is 2.74. The first-order valence-corrected chi connectivity index (χ1v) is 9.34. The zero-order valence-electron chi connectivity index (χ0n) is 13.8. The Hall–Kier alpha value is -1.36. The highest BCUT2D eigenvalue weighted by molar-refractivity contribution is 7.64. The van der Waals surface area contributed by atoms with E-state index in [0.717, 1.165) is 12.8 Å². The lowest BCUT2D eigenvalue weighted by atomic mass is 9.99. The summed E-state index contributed by atoms with van der Waals surface area (Å²) < 4.78 is 26.0. The highest BCUT2D eigenvalue weighted by atomic mass is 31.2. The average molecular weight is 341 g/mol. The topological polar surface area (TPSA) is 76.1 Å². The van der Waals surface area contributed by atoms with Gasteiger partial charge in [-0.2, -0.15) is 0 Å². The van der Waals surface area contributed by atoms with Gasteiger partial charge in [0.15, 0.2) is 0 Å². The normalized spacial score (nSPS) is 26.0. The van der Waals surface area contributed by atoms with Gasteiger partial charge in [0.1, 0.15) is 12.3 Å². The van der Waals surface area contributed by atoms with E-state index in [-0.39, 0.29) is 18.5 Å². The molecule has 128 valence electrons. The van der Waals surface area contributed by atoms with Crippen molar-refractivity contribution < 1.29 is 23.7 Å². The van der Waals surface area contributed by atoms with Gasteiger partial charge in [0, 0.05) is 6.04 Å². The molecule has 0 aromatic heterocycles. The van der Waals surface area contributed by atoms with Gasteiger partial charge in [-0.15, -0.1) is 0 Å². The largest absolute Gasteiger partial charge is 0.497 e. The third kappa shape index (κ3) is 3.94. The van der Waals surface area contributed by atoms with Crippen LogP contribution >= 0.6 is 7.52 Å². The van der Waals surface area contributed by atoms with Crippen molar-refractivity contribution in [1.82, 2.24) is 4.67 Å². The molecule has 0 saturated carbocycles. The van der Waals surface area contributed by atoms with Gasteiger partial charge in [0.05, 0.1) is 19.0 Å². The molecule has 2 atom stereocenters. The molecule has 1 saturated heterocycles. The highest BCUT2D eigenvalue weighted by Crippen LogP contribution is 2.54. The molecule has 1 N–H and O–H groups in total. The lowest BCUT2D eigenvalue weighted by Gasteiger charge is -2.36. The number of ether oxygens (including phenoxy) is 1. The Balaban J connectivity index is 2.46. The summed E-state index contributed by atoms with van der Waals surface area (Å²) in [6.07, 6.45) is 1.53. The minimum Gasteiger partial charge on any atom is -0.497 e. The van der Waals surface area contributed by atoms with Gasteiger partial charge in [0.25, 0.3) is 0 Å². The van der Waals surface area contributed by atoms with Crippen LogP contribution in [0.25, 0.3) is 0 Å². The molecular weight excluding hydrogens is 317 g/mol. The zero-order valence-corrected chi connectivity index (χ0v) is 14.7. The van der Waals surface area contributed by atoms with Crippen molar-refractivity contribution in [3.63, 3.8) is 0 Å². The Morgan fingerprint density at radius 3 is 2.61 bits per heavy atom. The number of carbonyl (C=O) groups is 1. The summed E-state index contributed by atoms with van der Waals surface area (Å²) in [7, 11) is -1.86. The Kier molecular flexibility index (Phi) is 5.84. The molecule has 7 heteroatoms. The number of carboxylic acid groups (broad SMARTS) is 1. The monoisotopic (exact) mass is 341 g/mol. The highest BCUT2D eigenvalue weighted by Gasteiger charge is 2.42. The first-order valence-electron chi connectivity index (χ1n) is 7.76. The van der Waals surface area contributed by atoms with E-state index in [1.54, 1.807) is 36.0 Å². The summed E-state index contributed by atoms with van der Waals surface area (Å²) in [6.45, 7) is 4.10. The summed E-state index contributed by atoms with van der Waals surface area (Å²) in [5.41, 5.74) is 0. The molecule has 23 heavy (non-hydrogen) atoms. The number of methoxy groups -OCH3 is 1. The third-order valence-corrected chi connectivity index (χ3v) is 6.69. The van der Waals surface area contributed by atoms with E-state index >= 15 is 0 Å². The van der Waals surface area contributed by atoms with Crippen LogP contribution in [-0.2, 0) is 13.9 Å². The molecule has 0 radical (unpaired) electrons. The van der Waals surface area contributed by atoms with Gasteiger partial charge in [0.2, 0.25) is 0 Å². The van der Waals surface area contributed by atoms with Crippen molar-refractivity contribution in [2.24, 2.45) is 5.92 Å². The maximum absolute atomic E-state index is 13.6. The molecule has 1 aliphatic rings. The van der Waals surface area contributed by atoms with Crippen LogP contribution in [0.4, 0.5) is 0 Å². The van der Waals surface area contributed by atoms with Crippen molar-refractivity contribution in [3.8, 4) is 5.75 Å². The van der Waals surface area contributed by atoms with Crippen LogP contribution in [0.3, 0.4) is 0 Å². The molecule has 1 fully saturated rings. The predicted molar refractivity (Wildman–Crippen MR) is 88.4 cm³/mol. The van der Waals surface area contributed by atoms with E-state index in [1.165, 1.54) is 0 Å². The molecule has 1 aliphatic heterocycles. The number of carboxylic acids is 1. The molecule has 2 rings (SSSR count). The lowest BCUT2D eigenvalue weighted by molar-refractivity contribution is -0.137. The van der Waals surface area contributed by atoms with Gasteiger partial charge in [-0.1, -0.05) is 13.8 Å². The fourth-order valence-corrected chi connectivity index (χ4v) is 5.50. The maximum Gasteiger partial charge on any atom is 0.318 e. The summed E-state index contributed by atoms with van der Waals surface area (Å²) in [4.78, 5) is 11.3. The number of aliphatic carboxylic acids is 1. The minimum absolute atomic E-state index is 0.0958. The lowest BCUT2D eigenvalue weighted by Crippen LogP contribution is -2.41. The summed E-state index contributed by atoms with van der Waals surface area (Å²) in [5, 5.41) is 9.79. The number of benzene rings is 1. The van der Waals surface area contributed by atoms with E-state index in [0.29, 0.717) is 17.7 Å². The number of hydrogen-bond donors (Lipinski definition) is 1. The maximum atomic E-state index is 13.6. The fraction of sp³-hybridized carbons (Fsp3) is 0.562. The van der Waals surface area contributed by atoms with E-state index in [1.807, 2.05) is 13.8 Å². The second kappa shape index (κ2) is 7.47. The van der Waals surface area contributed by atoms with E-state index < -0.39 is 13.5 Å². The second-order valence-corrected chi connectivity index (χ2v) is 8.33. The second-order valence-electron chi connectivity index (χ2n) is 6.00. The van der Waals surface area contributed by atoms with Crippen molar-refractivity contribution in [3.05, 3.63) is 24.3 Å². The first kappa shape index (κ1) is 18.0. The Bertz CT molecular complexity index is 587. The van der Waals surface area contributed by atoms with Gasteiger partial charge >= 0.3 is 13.5 Å². The quantitative estimate of drug-likeness (QED) is 0.830. The summed E-state index contributed by atoms with van der Waals surface area (Å²) in [6, 6.07) is 6.72. The van der Waals surface area contributed by atoms with Crippen LogP contribution < -0.4 is 10.0 Å². The fourth-order valence-electron chi connectivity index (χ4n) is 2.92. The molecule has 0 aliphatic carbocycles. The number of rotatable bonds is 5. The Morgan fingerprint density at radius 2 is 2.09 bits per heavy atom. The smallest absolute Gasteiger partial charge is 0.318 e. The van der Waals surface area contributed by atoms with Crippen LogP contribution in [0.5, 0.6) is 5.75 Å². The molecule has 0 bridgehead atoms. The molecule has 1 aromatic rings. The van der Waals surface area contributed by atoms with Crippen LogP contribution in [0.15, 0.2) is 24.3 Å². The standard InChI is InChI=1S/C16H24NO5P/c1-12(2)15-5-4-10-22-23(20,17(15)11-16(18)19)14-8-6-13(21-3)7-9-14/h6-9,12,15H,4-5,10-11H2,1-3H3,(H,18,19). The van der Waals surface area contributed by atoms with Gasteiger partial charge in [-0.05, 0) is 43.0 Å². The van der Waals surface area contributed by atoms with Gasteiger partial charge < -0.3 is 14.4 Å². The van der Waals surface area contributed by atoms with E-state index in [4.69, 9.17) is 9.26 Å². The van der Waals surface area contributed by atoms with Crippen molar-refractivity contribution in [2.45, 2.75) is 32.7 Å². The van der Waals surface area contributed by atoms with Crippen molar-refractivity contribution in [1.29, 1.82) is 0 Å². The minimum atomic E-state index is -3.42. The molecule has 1 aromatic carbocycles.